The van der Waals surface area contributed by atoms with Crippen molar-refractivity contribution in [2.45, 2.75) is 0 Å². The quantitative estimate of drug-likeness (QED) is 0.530. The standard InChI is InChI=1S/C4H5NOS/c5-4-3(6)1-2-7-4/h1-2,6H,5H2. The van der Waals surface area contributed by atoms with Crippen LogP contribution in [-0.4, -0.2) is 5.11 Å². The average Bonchev–Trinajstić information content (AvgIpc) is 1.91. The molecule has 0 aliphatic heterocycles. The fourth-order valence-electron chi connectivity index (χ4n) is 0.314. The largest absolute Gasteiger partial charge is 0.505 e. The first kappa shape index (κ1) is 4.46. The van der Waals surface area contributed by atoms with Crippen molar-refractivity contribution >= 4 is 16.3 Å². The molecule has 0 unspecified atom stereocenters. The van der Waals surface area contributed by atoms with E-state index in [0.29, 0.717) is 5.00 Å². The third-order valence-electron chi connectivity index (χ3n) is 0.673. The molecule has 3 N–H and O–H groups in total. The molecule has 38 valence electrons. The molecule has 1 heterocycles. The van der Waals surface area contributed by atoms with E-state index < -0.39 is 0 Å². The van der Waals surface area contributed by atoms with Crippen molar-refractivity contribution in [2.75, 3.05) is 5.73 Å². The summed E-state index contributed by atoms with van der Waals surface area (Å²) in [7, 11) is 0. The van der Waals surface area contributed by atoms with Crippen molar-refractivity contribution in [3.63, 3.8) is 0 Å². The molecule has 7 heavy (non-hydrogen) atoms. The van der Waals surface area contributed by atoms with Crippen LogP contribution in [0.25, 0.3) is 0 Å². The van der Waals surface area contributed by atoms with Crippen LogP contribution in [0.5, 0.6) is 5.75 Å². The molecule has 0 saturated heterocycles. The van der Waals surface area contributed by atoms with E-state index in [-0.39, 0.29) is 5.75 Å². The number of rotatable bonds is 0. The molecule has 0 aliphatic carbocycles. The van der Waals surface area contributed by atoms with Gasteiger partial charge in [0.25, 0.3) is 0 Å². The van der Waals surface area contributed by atoms with Gasteiger partial charge in [-0.1, -0.05) is 0 Å². The van der Waals surface area contributed by atoms with Gasteiger partial charge in [0.05, 0.1) is 0 Å². The number of anilines is 1. The molecule has 0 radical (unpaired) electrons. The van der Waals surface area contributed by atoms with Crippen molar-refractivity contribution in [1.82, 2.24) is 0 Å². The lowest BCUT2D eigenvalue weighted by molar-refractivity contribution is 0.480. The minimum Gasteiger partial charge on any atom is -0.505 e. The molecular weight excluding hydrogens is 110 g/mol. The first-order valence-electron chi connectivity index (χ1n) is 1.82. The Balaban J connectivity index is 3.12. The van der Waals surface area contributed by atoms with E-state index in [1.54, 1.807) is 11.4 Å². The van der Waals surface area contributed by atoms with Crippen LogP contribution in [0.1, 0.15) is 0 Å². The highest BCUT2D eigenvalue weighted by Crippen LogP contribution is 2.24. The van der Waals surface area contributed by atoms with Gasteiger partial charge in [-0.05, 0) is 11.4 Å². The van der Waals surface area contributed by atoms with E-state index in [0.717, 1.165) is 0 Å². The van der Waals surface area contributed by atoms with Crippen molar-refractivity contribution < 1.29 is 5.11 Å². The zero-order valence-corrected chi connectivity index (χ0v) is 4.40. The van der Waals surface area contributed by atoms with Gasteiger partial charge in [-0.3, -0.25) is 0 Å². The molecule has 1 aromatic rings. The predicted molar refractivity (Wildman–Crippen MR) is 30.4 cm³/mol. The lowest BCUT2D eigenvalue weighted by Gasteiger charge is -1.80. The number of aromatic hydroxyl groups is 1. The number of nitrogens with two attached hydrogens (primary N) is 1. The molecule has 0 aliphatic rings. The van der Waals surface area contributed by atoms with Crippen LogP contribution in [0, 0.1) is 0 Å². The maximum absolute atomic E-state index is 8.64. The fourth-order valence-corrected chi connectivity index (χ4v) is 0.847. The monoisotopic (exact) mass is 115 g/mol. The fraction of sp³-hybridized carbons (Fsp3) is 0. The van der Waals surface area contributed by atoms with Gasteiger partial charge >= 0.3 is 0 Å². The van der Waals surface area contributed by atoms with Crippen molar-refractivity contribution in [1.29, 1.82) is 0 Å². The smallest absolute Gasteiger partial charge is 0.149 e. The van der Waals surface area contributed by atoms with Crippen molar-refractivity contribution in [3.05, 3.63) is 11.4 Å². The summed E-state index contributed by atoms with van der Waals surface area (Å²) in [5, 5.41) is 10.9. The maximum atomic E-state index is 8.64. The maximum Gasteiger partial charge on any atom is 0.149 e. The van der Waals surface area contributed by atoms with E-state index in [1.165, 1.54) is 11.3 Å². The summed E-state index contributed by atoms with van der Waals surface area (Å²) in [5.41, 5.74) is 5.21. The van der Waals surface area contributed by atoms with Gasteiger partial charge in [0.1, 0.15) is 10.8 Å². The van der Waals surface area contributed by atoms with Gasteiger partial charge in [-0.25, -0.2) is 0 Å². The highest BCUT2D eigenvalue weighted by Gasteiger charge is 1.91. The molecule has 1 aromatic heterocycles. The Kier molecular flexibility index (Phi) is 0.906. The Bertz CT molecular complexity index is 144. The SMILES string of the molecule is Nc1sccc1O. The Morgan fingerprint density at radius 3 is 2.57 bits per heavy atom. The molecule has 0 atom stereocenters. The van der Waals surface area contributed by atoms with Gasteiger partial charge in [0.2, 0.25) is 0 Å². The predicted octanol–water partition coefficient (Wildman–Crippen LogP) is 1.04. The molecule has 0 spiro atoms. The van der Waals surface area contributed by atoms with E-state index in [1.807, 2.05) is 0 Å². The third-order valence-corrected chi connectivity index (χ3v) is 1.41. The van der Waals surface area contributed by atoms with Crippen LogP contribution in [0.4, 0.5) is 5.00 Å². The van der Waals surface area contributed by atoms with Crippen LogP contribution < -0.4 is 5.73 Å². The zero-order valence-electron chi connectivity index (χ0n) is 3.59. The summed E-state index contributed by atoms with van der Waals surface area (Å²) < 4.78 is 0. The molecule has 0 bridgehead atoms. The van der Waals surface area contributed by atoms with Gasteiger partial charge in [-0.2, -0.15) is 0 Å². The number of thiophene rings is 1. The van der Waals surface area contributed by atoms with Gasteiger partial charge in [0.15, 0.2) is 0 Å². The second kappa shape index (κ2) is 1.42. The molecule has 0 aromatic carbocycles. The molecule has 0 saturated carbocycles. The summed E-state index contributed by atoms with van der Waals surface area (Å²) in [5.74, 6) is 0.185. The van der Waals surface area contributed by atoms with Crippen LogP contribution >= 0.6 is 11.3 Å². The Morgan fingerprint density at radius 2 is 2.43 bits per heavy atom. The minimum absolute atomic E-state index is 0.185. The molecule has 2 nitrogen and oxygen atoms in total. The van der Waals surface area contributed by atoms with E-state index in [9.17, 15) is 0 Å². The van der Waals surface area contributed by atoms with Gasteiger partial charge < -0.3 is 10.8 Å². The van der Waals surface area contributed by atoms with Gasteiger partial charge in [-0.15, -0.1) is 11.3 Å². The highest BCUT2D eigenvalue weighted by atomic mass is 32.1. The van der Waals surface area contributed by atoms with Crippen molar-refractivity contribution in [3.8, 4) is 5.75 Å². The third kappa shape index (κ3) is 0.667. The van der Waals surface area contributed by atoms with E-state index >= 15 is 0 Å². The second-order valence-electron chi connectivity index (χ2n) is 1.17. The van der Waals surface area contributed by atoms with Crippen LogP contribution in [0.2, 0.25) is 0 Å². The minimum atomic E-state index is 0.185. The molecular formula is C4H5NOS. The molecule has 0 fully saturated rings. The number of hydrogen-bond donors (Lipinski definition) is 2. The van der Waals surface area contributed by atoms with Crippen molar-refractivity contribution in [2.24, 2.45) is 0 Å². The summed E-state index contributed by atoms with van der Waals surface area (Å²) in [6.07, 6.45) is 0. The molecule has 3 heteroatoms. The summed E-state index contributed by atoms with van der Waals surface area (Å²) in [6.45, 7) is 0. The Hall–Kier alpha value is -0.700. The number of hydrogen-bond acceptors (Lipinski definition) is 3. The van der Waals surface area contributed by atoms with Crippen LogP contribution in [0.15, 0.2) is 11.4 Å². The van der Waals surface area contributed by atoms with Crippen LogP contribution in [-0.2, 0) is 0 Å². The molecule has 1 rings (SSSR count). The van der Waals surface area contributed by atoms with Crippen LogP contribution in [0.3, 0.4) is 0 Å². The molecule has 0 amide bonds. The topological polar surface area (TPSA) is 46.2 Å². The highest BCUT2D eigenvalue weighted by molar-refractivity contribution is 7.14. The Morgan fingerprint density at radius 1 is 1.71 bits per heavy atom. The average molecular weight is 115 g/mol. The zero-order chi connectivity index (χ0) is 5.28. The summed E-state index contributed by atoms with van der Waals surface area (Å²) >= 11 is 1.33. The van der Waals surface area contributed by atoms with E-state index in [2.05, 4.69) is 0 Å². The Labute approximate surface area is 45.2 Å². The lowest BCUT2D eigenvalue weighted by atomic mass is 10.6. The summed E-state index contributed by atoms with van der Waals surface area (Å²) in [4.78, 5) is 0. The lowest BCUT2D eigenvalue weighted by Crippen LogP contribution is -1.75. The number of nitrogen functional groups attached to an aromatic ring is 1. The summed E-state index contributed by atoms with van der Waals surface area (Å²) in [6, 6.07) is 1.57. The van der Waals surface area contributed by atoms with E-state index in [4.69, 9.17) is 10.8 Å². The second-order valence-corrected chi connectivity index (χ2v) is 2.12. The first-order valence-corrected chi connectivity index (χ1v) is 2.70. The normalized spacial score (nSPS) is 9.14. The first-order chi connectivity index (χ1) is 3.30. The van der Waals surface area contributed by atoms with Gasteiger partial charge in [0, 0.05) is 0 Å².